The summed E-state index contributed by atoms with van der Waals surface area (Å²) >= 11 is 6.39. The molecule has 7 heteroatoms. The lowest BCUT2D eigenvalue weighted by molar-refractivity contribution is 0.190. The van der Waals surface area contributed by atoms with Gasteiger partial charge in [-0.15, -0.1) is 24.8 Å². The molecular formula is C23H31Cl3N2O2. The molecule has 1 fully saturated rings. The van der Waals surface area contributed by atoms with Crippen LogP contribution in [-0.4, -0.2) is 37.7 Å². The van der Waals surface area contributed by atoms with Gasteiger partial charge in [-0.2, -0.15) is 0 Å². The molecule has 0 radical (unpaired) electrons. The smallest absolute Gasteiger partial charge is 0.180 e. The first-order chi connectivity index (χ1) is 13.7. The third-order valence-electron chi connectivity index (χ3n) is 5.07. The number of nitrogens with one attached hydrogen (secondary N) is 1. The second-order valence-electron chi connectivity index (χ2n) is 7.13. The molecular weight excluding hydrogens is 443 g/mol. The lowest BCUT2D eigenvalue weighted by Crippen LogP contribution is -2.41. The number of ether oxygens (including phenoxy) is 2. The van der Waals surface area contributed by atoms with E-state index in [1.165, 1.54) is 5.56 Å². The third-order valence-corrected chi connectivity index (χ3v) is 5.35. The van der Waals surface area contributed by atoms with Crippen molar-refractivity contribution in [1.82, 2.24) is 10.2 Å². The minimum Gasteiger partial charge on any atom is -0.493 e. The number of benzene rings is 2. The Morgan fingerprint density at radius 1 is 1.13 bits per heavy atom. The Labute approximate surface area is 197 Å². The second kappa shape index (κ2) is 13.8. The fraction of sp³-hybridized carbons (Fsp3) is 0.391. The van der Waals surface area contributed by atoms with Gasteiger partial charge < -0.3 is 14.8 Å². The van der Waals surface area contributed by atoms with Gasteiger partial charge in [0.2, 0.25) is 0 Å². The summed E-state index contributed by atoms with van der Waals surface area (Å²) in [5.41, 5.74) is 2.48. The highest BCUT2D eigenvalue weighted by molar-refractivity contribution is 6.32. The van der Waals surface area contributed by atoms with Crippen LogP contribution in [0.1, 0.15) is 24.0 Å². The zero-order valence-corrected chi connectivity index (χ0v) is 19.7. The Balaban J connectivity index is 0.00000225. The number of hydrogen-bond acceptors (Lipinski definition) is 4. The Kier molecular flexibility index (Phi) is 12.2. The maximum absolute atomic E-state index is 6.39. The average Bonchev–Trinajstić information content (AvgIpc) is 2.73. The van der Waals surface area contributed by atoms with E-state index in [9.17, 15) is 0 Å². The molecule has 0 aromatic heterocycles. The van der Waals surface area contributed by atoms with Crippen molar-refractivity contribution in [2.75, 3.05) is 26.8 Å². The van der Waals surface area contributed by atoms with Gasteiger partial charge in [-0.3, -0.25) is 4.90 Å². The van der Waals surface area contributed by atoms with Crippen LogP contribution in [0.5, 0.6) is 11.5 Å². The molecule has 0 aliphatic carbocycles. The van der Waals surface area contributed by atoms with E-state index in [2.05, 4.69) is 47.1 Å². The third kappa shape index (κ3) is 7.68. The maximum atomic E-state index is 6.39. The van der Waals surface area contributed by atoms with Crippen LogP contribution in [0.3, 0.4) is 0 Å². The highest BCUT2D eigenvalue weighted by atomic mass is 35.5. The molecule has 1 heterocycles. The van der Waals surface area contributed by atoms with E-state index in [1.807, 2.05) is 12.1 Å². The van der Waals surface area contributed by atoms with Crippen LogP contribution in [0.4, 0.5) is 0 Å². The molecule has 1 saturated heterocycles. The summed E-state index contributed by atoms with van der Waals surface area (Å²) in [7, 11) is 1.63. The van der Waals surface area contributed by atoms with E-state index in [0.717, 1.165) is 44.6 Å². The minimum atomic E-state index is 0. The molecule has 0 unspecified atom stereocenters. The predicted molar refractivity (Wildman–Crippen MR) is 130 cm³/mol. The lowest BCUT2D eigenvalue weighted by atomic mass is 10.0. The van der Waals surface area contributed by atoms with Gasteiger partial charge in [-0.05, 0) is 49.2 Å². The molecule has 0 spiro atoms. The highest BCUT2D eigenvalue weighted by Gasteiger charge is 2.19. The summed E-state index contributed by atoms with van der Waals surface area (Å²) in [6.07, 6.45) is 3.99. The maximum Gasteiger partial charge on any atom is 0.180 e. The van der Waals surface area contributed by atoms with Crippen LogP contribution in [0.15, 0.2) is 55.1 Å². The van der Waals surface area contributed by atoms with Crippen molar-refractivity contribution >= 4 is 36.4 Å². The van der Waals surface area contributed by atoms with Crippen LogP contribution in [-0.2, 0) is 13.1 Å². The molecule has 1 aliphatic heterocycles. The quantitative estimate of drug-likeness (QED) is 0.487. The zero-order valence-electron chi connectivity index (χ0n) is 17.3. The summed E-state index contributed by atoms with van der Waals surface area (Å²) in [5.74, 6) is 1.23. The van der Waals surface area contributed by atoms with Crippen molar-refractivity contribution in [3.8, 4) is 11.5 Å². The number of methoxy groups -OCH3 is 1. The highest BCUT2D eigenvalue weighted by Crippen LogP contribution is 2.36. The number of halogens is 3. The van der Waals surface area contributed by atoms with Crippen LogP contribution < -0.4 is 14.8 Å². The largest absolute Gasteiger partial charge is 0.493 e. The van der Waals surface area contributed by atoms with Crippen molar-refractivity contribution in [2.45, 2.75) is 32.0 Å². The number of rotatable bonds is 9. The summed E-state index contributed by atoms with van der Waals surface area (Å²) < 4.78 is 11.1. The first-order valence-corrected chi connectivity index (χ1v) is 10.2. The Morgan fingerprint density at radius 2 is 1.83 bits per heavy atom. The van der Waals surface area contributed by atoms with Gasteiger partial charge in [0.1, 0.15) is 6.61 Å². The molecule has 4 nitrogen and oxygen atoms in total. The molecule has 0 bridgehead atoms. The molecule has 166 valence electrons. The first kappa shape index (κ1) is 26.6. The number of hydrogen-bond donors (Lipinski definition) is 1. The fourth-order valence-electron chi connectivity index (χ4n) is 3.56. The standard InChI is InChI=1S/C23H29ClN2O2.2ClH/c1-3-13-28-23-21(24)14-19(15-22(23)27-2)16-25-20-9-11-26(12-10-20)17-18-7-5-4-6-8-18;;/h3-8,14-15,20,25H,1,9-13,16-17H2,2H3;2*1H. The molecule has 30 heavy (non-hydrogen) atoms. The van der Waals surface area contributed by atoms with Gasteiger partial charge >= 0.3 is 0 Å². The summed E-state index contributed by atoms with van der Waals surface area (Å²) in [6.45, 7) is 8.10. The van der Waals surface area contributed by atoms with Gasteiger partial charge in [0, 0.05) is 19.1 Å². The molecule has 0 atom stereocenters. The summed E-state index contributed by atoms with van der Waals surface area (Å²) in [5, 5.41) is 4.23. The van der Waals surface area contributed by atoms with Crippen molar-refractivity contribution < 1.29 is 9.47 Å². The Hall–Kier alpha value is -1.43. The number of nitrogens with zero attached hydrogens (tertiary/aromatic N) is 1. The Morgan fingerprint density at radius 3 is 2.47 bits per heavy atom. The SMILES string of the molecule is C=CCOc1c(Cl)cc(CNC2CCN(Cc3ccccc3)CC2)cc1OC.Cl.Cl. The predicted octanol–water partition coefficient (Wildman–Crippen LogP) is 5.51. The van der Waals surface area contributed by atoms with Crippen molar-refractivity contribution in [2.24, 2.45) is 0 Å². The lowest BCUT2D eigenvalue weighted by Gasteiger charge is -2.32. The monoisotopic (exact) mass is 472 g/mol. The average molecular weight is 474 g/mol. The van der Waals surface area contributed by atoms with Gasteiger partial charge in [-0.1, -0.05) is 54.6 Å². The molecule has 1 N–H and O–H groups in total. The van der Waals surface area contributed by atoms with Crippen LogP contribution >= 0.6 is 36.4 Å². The van der Waals surface area contributed by atoms with Crippen LogP contribution in [0.2, 0.25) is 5.02 Å². The van der Waals surface area contributed by atoms with Crippen molar-refractivity contribution in [3.05, 3.63) is 71.3 Å². The van der Waals surface area contributed by atoms with Gasteiger partial charge in [0.05, 0.1) is 12.1 Å². The van der Waals surface area contributed by atoms with E-state index >= 15 is 0 Å². The molecule has 1 aliphatic rings. The molecule has 2 aromatic rings. The summed E-state index contributed by atoms with van der Waals surface area (Å²) in [4.78, 5) is 2.53. The molecule has 2 aromatic carbocycles. The topological polar surface area (TPSA) is 33.7 Å². The van der Waals surface area contributed by atoms with Crippen LogP contribution in [0, 0.1) is 0 Å². The number of piperidine rings is 1. The normalized spacial score (nSPS) is 14.3. The first-order valence-electron chi connectivity index (χ1n) is 9.79. The molecule has 0 amide bonds. The molecule has 0 saturated carbocycles. The van der Waals surface area contributed by atoms with E-state index in [0.29, 0.717) is 29.2 Å². The van der Waals surface area contributed by atoms with E-state index in [4.69, 9.17) is 21.1 Å². The molecule has 3 rings (SSSR count). The van der Waals surface area contributed by atoms with Crippen molar-refractivity contribution in [3.63, 3.8) is 0 Å². The van der Waals surface area contributed by atoms with Crippen molar-refractivity contribution in [1.29, 1.82) is 0 Å². The van der Waals surface area contributed by atoms with Gasteiger partial charge in [-0.25, -0.2) is 0 Å². The second-order valence-corrected chi connectivity index (χ2v) is 7.53. The van der Waals surface area contributed by atoms with E-state index in [-0.39, 0.29) is 24.8 Å². The van der Waals surface area contributed by atoms with E-state index < -0.39 is 0 Å². The summed E-state index contributed by atoms with van der Waals surface area (Å²) in [6, 6.07) is 15.1. The Bertz CT molecular complexity index is 767. The van der Waals surface area contributed by atoms with E-state index in [1.54, 1.807) is 13.2 Å². The van der Waals surface area contributed by atoms with Gasteiger partial charge in [0.25, 0.3) is 0 Å². The fourth-order valence-corrected chi connectivity index (χ4v) is 3.84. The van der Waals surface area contributed by atoms with Gasteiger partial charge in [0.15, 0.2) is 11.5 Å². The zero-order chi connectivity index (χ0) is 19.8. The minimum absolute atomic E-state index is 0. The number of likely N-dealkylation sites (tertiary alicyclic amines) is 1. The van der Waals surface area contributed by atoms with Crippen LogP contribution in [0.25, 0.3) is 0 Å².